The lowest BCUT2D eigenvalue weighted by Gasteiger charge is -2.23. The number of thiophene rings is 1. The van der Waals surface area contributed by atoms with E-state index >= 15 is 0 Å². The minimum absolute atomic E-state index is 0.331. The number of hydrogen-bond donors (Lipinski definition) is 1. The van der Waals surface area contributed by atoms with Crippen molar-refractivity contribution in [2.24, 2.45) is 0 Å². The van der Waals surface area contributed by atoms with E-state index in [9.17, 15) is 5.11 Å². The van der Waals surface area contributed by atoms with Gasteiger partial charge in [-0.1, -0.05) is 23.7 Å². The smallest absolute Gasteiger partial charge is 0.0639 e. The number of rotatable bonds is 6. The number of aryl methyl sites for hydroxylation is 1. The fourth-order valence-corrected chi connectivity index (χ4v) is 3.25. The maximum absolute atomic E-state index is 9.68. The fraction of sp³-hybridized carbons (Fsp3) is 0.375. The molecule has 0 aliphatic rings. The van der Waals surface area contributed by atoms with Gasteiger partial charge in [-0.3, -0.25) is 4.90 Å². The zero-order chi connectivity index (χ0) is 14.5. The molecule has 0 saturated carbocycles. The monoisotopic (exact) mass is 309 g/mol. The number of benzene rings is 1. The molecule has 1 unspecified atom stereocenters. The molecule has 1 N–H and O–H groups in total. The Labute approximate surface area is 129 Å². The first-order valence-corrected chi connectivity index (χ1v) is 7.98. The molecule has 0 aliphatic heterocycles. The predicted octanol–water partition coefficient (Wildman–Crippen LogP) is 4.09. The second-order valence-electron chi connectivity index (χ2n) is 5.17. The Balaban J connectivity index is 2.07. The molecule has 0 spiro atoms. The molecule has 1 atom stereocenters. The standard InChI is InChI=1S/C16H20ClNOS/c1-12-7-8-20-16(12)11-18(9-13(2)19)10-14-3-5-15(17)6-4-14/h3-8,13,19H,9-11H2,1-2H3. The van der Waals surface area contributed by atoms with Crippen molar-refractivity contribution in [3.05, 3.63) is 56.7 Å². The summed E-state index contributed by atoms with van der Waals surface area (Å²) in [6, 6.07) is 10.0. The van der Waals surface area contributed by atoms with Crippen LogP contribution in [0.5, 0.6) is 0 Å². The van der Waals surface area contributed by atoms with Crippen LogP contribution in [0.2, 0.25) is 5.02 Å². The summed E-state index contributed by atoms with van der Waals surface area (Å²) in [6.07, 6.45) is -0.331. The lowest BCUT2D eigenvalue weighted by atomic mass is 10.2. The summed E-state index contributed by atoms with van der Waals surface area (Å²) in [5.74, 6) is 0. The van der Waals surface area contributed by atoms with Crippen molar-refractivity contribution >= 4 is 22.9 Å². The van der Waals surface area contributed by atoms with Gasteiger partial charge in [-0.05, 0) is 48.6 Å². The molecule has 4 heteroatoms. The molecule has 0 aliphatic carbocycles. The first-order chi connectivity index (χ1) is 9.54. The van der Waals surface area contributed by atoms with Gasteiger partial charge in [-0.15, -0.1) is 11.3 Å². The second kappa shape index (κ2) is 7.23. The van der Waals surface area contributed by atoms with Crippen LogP contribution in [0.4, 0.5) is 0 Å². The third kappa shape index (κ3) is 4.60. The maximum atomic E-state index is 9.68. The van der Waals surface area contributed by atoms with Crippen molar-refractivity contribution in [2.45, 2.75) is 33.0 Å². The van der Waals surface area contributed by atoms with E-state index in [1.165, 1.54) is 16.0 Å². The van der Waals surface area contributed by atoms with Crippen LogP contribution >= 0.6 is 22.9 Å². The van der Waals surface area contributed by atoms with Crippen molar-refractivity contribution in [1.29, 1.82) is 0 Å². The second-order valence-corrected chi connectivity index (χ2v) is 6.61. The summed E-state index contributed by atoms with van der Waals surface area (Å²) < 4.78 is 0. The lowest BCUT2D eigenvalue weighted by Crippen LogP contribution is -2.30. The third-order valence-electron chi connectivity index (χ3n) is 3.18. The van der Waals surface area contributed by atoms with E-state index in [4.69, 9.17) is 11.6 Å². The summed E-state index contributed by atoms with van der Waals surface area (Å²) in [4.78, 5) is 3.63. The van der Waals surface area contributed by atoms with Gasteiger partial charge >= 0.3 is 0 Å². The van der Waals surface area contributed by atoms with Crippen LogP contribution in [0.3, 0.4) is 0 Å². The summed E-state index contributed by atoms with van der Waals surface area (Å²) >= 11 is 7.69. The summed E-state index contributed by atoms with van der Waals surface area (Å²) in [5, 5.41) is 12.6. The topological polar surface area (TPSA) is 23.5 Å². The first-order valence-electron chi connectivity index (χ1n) is 6.72. The van der Waals surface area contributed by atoms with E-state index in [-0.39, 0.29) is 6.10 Å². The van der Waals surface area contributed by atoms with Crippen LogP contribution in [0, 0.1) is 6.92 Å². The van der Waals surface area contributed by atoms with Crippen LogP contribution in [0.25, 0.3) is 0 Å². The molecule has 108 valence electrons. The minimum atomic E-state index is -0.331. The number of nitrogens with zero attached hydrogens (tertiary/aromatic N) is 1. The van der Waals surface area contributed by atoms with Gasteiger partial charge in [0.05, 0.1) is 6.10 Å². The van der Waals surface area contributed by atoms with Crippen LogP contribution < -0.4 is 0 Å². The zero-order valence-electron chi connectivity index (χ0n) is 11.8. The van der Waals surface area contributed by atoms with Gasteiger partial charge in [0.15, 0.2) is 0 Å². The van der Waals surface area contributed by atoms with Crippen LogP contribution in [0.15, 0.2) is 35.7 Å². The lowest BCUT2D eigenvalue weighted by molar-refractivity contribution is 0.118. The van der Waals surface area contributed by atoms with E-state index in [0.717, 1.165) is 18.1 Å². The Bertz CT molecular complexity index is 536. The summed E-state index contributed by atoms with van der Waals surface area (Å²) in [6.45, 7) is 6.32. The van der Waals surface area contributed by atoms with Gasteiger partial charge in [0, 0.05) is 29.5 Å². The highest BCUT2D eigenvalue weighted by Gasteiger charge is 2.12. The van der Waals surface area contributed by atoms with Crippen LogP contribution in [0.1, 0.15) is 22.9 Å². The third-order valence-corrected chi connectivity index (χ3v) is 4.44. The van der Waals surface area contributed by atoms with Gasteiger partial charge in [0.25, 0.3) is 0 Å². The molecule has 1 aromatic carbocycles. The highest BCUT2D eigenvalue weighted by molar-refractivity contribution is 7.10. The Hall–Kier alpha value is -0.870. The highest BCUT2D eigenvalue weighted by Crippen LogP contribution is 2.20. The molecule has 20 heavy (non-hydrogen) atoms. The van der Waals surface area contributed by atoms with Crippen molar-refractivity contribution < 1.29 is 5.11 Å². The van der Waals surface area contributed by atoms with Gasteiger partial charge in [0.1, 0.15) is 0 Å². The van der Waals surface area contributed by atoms with E-state index < -0.39 is 0 Å². The number of hydrogen-bond acceptors (Lipinski definition) is 3. The molecular formula is C16H20ClNOS. The normalized spacial score (nSPS) is 12.8. The van der Waals surface area contributed by atoms with E-state index in [1.807, 2.05) is 31.2 Å². The molecule has 0 amide bonds. The number of halogens is 1. The molecule has 0 saturated heterocycles. The molecule has 2 aromatic rings. The van der Waals surface area contributed by atoms with Crippen molar-refractivity contribution in [3.63, 3.8) is 0 Å². The van der Waals surface area contributed by atoms with Gasteiger partial charge in [-0.25, -0.2) is 0 Å². The summed E-state index contributed by atoms with van der Waals surface area (Å²) in [5.41, 5.74) is 2.53. The molecule has 2 nitrogen and oxygen atoms in total. The van der Waals surface area contributed by atoms with Crippen molar-refractivity contribution in [1.82, 2.24) is 4.90 Å². The fourth-order valence-electron chi connectivity index (χ4n) is 2.18. The van der Waals surface area contributed by atoms with E-state index in [0.29, 0.717) is 6.54 Å². The Morgan fingerprint density at radius 3 is 2.45 bits per heavy atom. The van der Waals surface area contributed by atoms with Crippen LogP contribution in [-0.4, -0.2) is 22.7 Å². The van der Waals surface area contributed by atoms with Crippen molar-refractivity contribution in [2.75, 3.05) is 6.54 Å². The molecular weight excluding hydrogens is 290 g/mol. The average molecular weight is 310 g/mol. The molecule has 0 bridgehead atoms. The van der Waals surface area contributed by atoms with Gasteiger partial charge in [0.2, 0.25) is 0 Å². The maximum Gasteiger partial charge on any atom is 0.0639 e. The SMILES string of the molecule is Cc1ccsc1CN(Cc1ccc(Cl)cc1)CC(C)O. The summed E-state index contributed by atoms with van der Waals surface area (Å²) in [7, 11) is 0. The Morgan fingerprint density at radius 2 is 1.90 bits per heavy atom. The minimum Gasteiger partial charge on any atom is -0.392 e. The molecule has 1 aromatic heterocycles. The van der Waals surface area contributed by atoms with E-state index in [2.05, 4.69) is 23.3 Å². The zero-order valence-corrected chi connectivity index (χ0v) is 13.4. The number of aliphatic hydroxyl groups is 1. The molecule has 2 rings (SSSR count). The largest absolute Gasteiger partial charge is 0.392 e. The predicted molar refractivity (Wildman–Crippen MR) is 86.3 cm³/mol. The first kappa shape index (κ1) is 15.5. The van der Waals surface area contributed by atoms with E-state index in [1.54, 1.807) is 11.3 Å². The Morgan fingerprint density at radius 1 is 1.20 bits per heavy atom. The quantitative estimate of drug-likeness (QED) is 0.868. The Kier molecular flexibility index (Phi) is 5.61. The number of aliphatic hydroxyl groups excluding tert-OH is 1. The highest BCUT2D eigenvalue weighted by atomic mass is 35.5. The van der Waals surface area contributed by atoms with Crippen molar-refractivity contribution in [3.8, 4) is 0 Å². The van der Waals surface area contributed by atoms with Gasteiger partial charge in [-0.2, -0.15) is 0 Å². The molecule has 1 heterocycles. The van der Waals surface area contributed by atoms with Gasteiger partial charge < -0.3 is 5.11 Å². The van der Waals surface area contributed by atoms with Crippen LogP contribution in [-0.2, 0) is 13.1 Å². The average Bonchev–Trinajstić information content (AvgIpc) is 2.77. The molecule has 0 radical (unpaired) electrons. The molecule has 0 fully saturated rings.